The van der Waals surface area contributed by atoms with E-state index < -0.39 is 0 Å². The van der Waals surface area contributed by atoms with Crippen molar-refractivity contribution in [2.75, 3.05) is 52.1 Å². The Morgan fingerprint density at radius 1 is 1.00 bits per heavy atom. The molecule has 2 heterocycles. The third kappa shape index (κ3) is 5.81. The zero-order valence-corrected chi connectivity index (χ0v) is 22.3. The van der Waals surface area contributed by atoms with Crippen molar-refractivity contribution in [2.24, 2.45) is 0 Å². The van der Waals surface area contributed by atoms with E-state index >= 15 is 0 Å². The van der Waals surface area contributed by atoms with Gasteiger partial charge in [-0.1, -0.05) is 29.8 Å². The first-order valence-electron chi connectivity index (χ1n) is 12.5. The minimum atomic E-state index is -0.328. The van der Waals surface area contributed by atoms with Gasteiger partial charge in [-0.15, -0.1) is 11.8 Å². The molecule has 3 aromatic rings. The molecule has 1 amide bonds. The first kappa shape index (κ1) is 25.3. The smallest absolute Gasteiger partial charge is 0.244 e. The predicted molar refractivity (Wildman–Crippen MR) is 145 cm³/mol. The topological polar surface area (TPSA) is 60.5 Å². The Hall–Kier alpha value is -3.36. The van der Waals surface area contributed by atoms with Crippen molar-refractivity contribution < 1.29 is 23.7 Å². The molecular formula is C29H32N2O5S. The van der Waals surface area contributed by atoms with Gasteiger partial charge in [0.25, 0.3) is 0 Å². The quantitative estimate of drug-likeness (QED) is 0.336. The Kier molecular flexibility index (Phi) is 7.76. The molecule has 8 heteroatoms. The van der Waals surface area contributed by atoms with Crippen molar-refractivity contribution in [3.05, 3.63) is 71.8 Å². The lowest BCUT2D eigenvalue weighted by Crippen LogP contribution is -2.34. The summed E-state index contributed by atoms with van der Waals surface area (Å²) in [6.45, 7) is 5.12. The van der Waals surface area contributed by atoms with E-state index in [1.165, 1.54) is 0 Å². The number of amides is 1. The monoisotopic (exact) mass is 520 g/mol. The molecule has 1 unspecified atom stereocenters. The maximum absolute atomic E-state index is 13.2. The molecule has 0 aromatic heterocycles. The highest BCUT2D eigenvalue weighted by Crippen LogP contribution is 2.48. The number of carbonyl (C=O) groups is 1. The van der Waals surface area contributed by atoms with Crippen LogP contribution in [0.3, 0.4) is 0 Å². The second-order valence-corrected chi connectivity index (χ2v) is 10.4. The third-order valence-electron chi connectivity index (χ3n) is 6.50. The summed E-state index contributed by atoms with van der Waals surface area (Å²) in [5, 5.41) is -0.328. The third-order valence-corrected chi connectivity index (χ3v) is 7.79. The van der Waals surface area contributed by atoms with E-state index in [0.717, 1.165) is 64.2 Å². The number of hydrogen-bond donors (Lipinski definition) is 0. The molecule has 0 saturated carbocycles. The van der Waals surface area contributed by atoms with E-state index in [9.17, 15) is 4.79 Å². The normalized spacial score (nSPS) is 16.2. The van der Waals surface area contributed by atoms with E-state index in [1.807, 2.05) is 62.5 Å². The summed E-state index contributed by atoms with van der Waals surface area (Å²) in [7, 11) is 3.92. The molecule has 2 aliphatic rings. The molecule has 194 valence electrons. The number of thioether (sulfide) groups is 1. The molecule has 0 aliphatic carbocycles. The van der Waals surface area contributed by atoms with Crippen molar-refractivity contribution in [1.82, 2.24) is 4.90 Å². The van der Waals surface area contributed by atoms with Crippen molar-refractivity contribution >= 4 is 23.4 Å². The molecule has 3 aromatic carbocycles. The van der Waals surface area contributed by atoms with Crippen LogP contribution >= 0.6 is 11.8 Å². The van der Waals surface area contributed by atoms with Crippen molar-refractivity contribution in [2.45, 2.75) is 23.5 Å². The van der Waals surface area contributed by atoms with Gasteiger partial charge in [0.05, 0.1) is 12.3 Å². The highest BCUT2D eigenvalue weighted by molar-refractivity contribution is 8.00. The van der Waals surface area contributed by atoms with Crippen LogP contribution in [0.2, 0.25) is 0 Å². The fourth-order valence-electron chi connectivity index (χ4n) is 4.42. The van der Waals surface area contributed by atoms with E-state index in [0.29, 0.717) is 13.2 Å². The average molecular weight is 521 g/mol. The highest BCUT2D eigenvalue weighted by atomic mass is 32.2. The molecule has 0 N–H and O–H groups in total. The van der Waals surface area contributed by atoms with Gasteiger partial charge in [-0.2, -0.15) is 0 Å². The lowest BCUT2D eigenvalue weighted by Gasteiger charge is -2.32. The first-order valence-corrected chi connectivity index (χ1v) is 13.3. The van der Waals surface area contributed by atoms with E-state index in [2.05, 4.69) is 24.1 Å². The standard InChI is InChI=1S/C29H32N2O5S/c1-20-9-11-24(22(17-20)28-29(32)31(3)23-7-4-5-8-27(23)37-28)34-15-6-13-30(2)14-16-33-21-10-12-25-26(18-21)36-19-35-25/h4-5,7-12,17-18,28H,6,13-16,19H2,1-3H3. The Balaban J connectivity index is 1.12. The molecule has 0 fully saturated rings. The zero-order chi connectivity index (χ0) is 25.8. The van der Waals surface area contributed by atoms with Crippen LogP contribution in [0.1, 0.15) is 22.8 Å². The van der Waals surface area contributed by atoms with Gasteiger partial charge in [0.15, 0.2) is 11.5 Å². The number of fused-ring (bicyclic) bond motifs is 2. The number of carbonyl (C=O) groups excluding carboxylic acids is 1. The summed E-state index contributed by atoms with van der Waals surface area (Å²) in [6.07, 6.45) is 0.863. The van der Waals surface area contributed by atoms with Crippen LogP contribution in [0.15, 0.2) is 65.6 Å². The summed E-state index contributed by atoms with van der Waals surface area (Å²) in [5.74, 6) is 3.10. The minimum absolute atomic E-state index is 0.0707. The molecule has 1 atom stereocenters. The van der Waals surface area contributed by atoms with Crippen molar-refractivity contribution in [1.29, 1.82) is 0 Å². The van der Waals surface area contributed by atoms with Crippen LogP contribution in [0.5, 0.6) is 23.0 Å². The number of para-hydroxylation sites is 1. The van der Waals surface area contributed by atoms with Gasteiger partial charge >= 0.3 is 0 Å². The number of hydrogen-bond acceptors (Lipinski definition) is 7. The summed E-state index contributed by atoms with van der Waals surface area (Å²) in [5.41, 5.74) is 3.00. The number of likely N-dealkylation sites (N-methyl/N-ethyl adjacent to an activating group) is 2. The molecule has 2 aliphatic heterocycles. The zero-order valence-electron chi connectivity index (χ0n) is 21.4. The molecule has 0 bridgehead atoms. The van der Waals surface area contributed by atoms with Crippen molar-refractivity contribution in [3.63, 3.8) is 0 Å². The Bertz CT molecular complexity index is 1270. The van der Waals surface area contributed by atoms with Gasteiger partial charge in [-0.05, 0) is 50.7 Å². The van der Waals surface area contributed by atoms with Crippen LogP contribution in [-0.2, 0) is 4.79 Å². The van der Waals surface area contributed by atoms with Crippen molar-refractivity contribution in [3.8, 4) is 23.0 Å². The maximum atomic E-state index is 13.2. The molecule has 0 saturated heterocycles. The lowest BCUT2D eigenvalue weighted by molar-refractivity contribution is -0.118. The summed E-state index contributed by atoms with van der Waals surface area (Å²) >= 11 is 1.59. The van der Waals surface area contributed by atoms with Crippen LogP contribution in [-0.4, -0.2) is 58.0 Å². The summed E-state index contributed by atoms with van der Waals surface area (Å²) < 4.78 is 22.8. The van der Waals surface area contributed by atoms with E-state index in [4.69, 9.17) is 18.9 Å². The Morgan fingerprint density at radius 2 is 1.84 bits per heavy atom. The first-order chi connectivity index (χ1) is 18.0. The fourth-order valence-corrected chi connectivity index (χ4v) is 5.73. The van der Waals surface area contributed by atoms with Gasteiger partial charge in [0, 0.05) is 36.7 Å². The van der Waals surface area contributed by atoms with Gasteiger partial charge in [-0.25, -0.2) is 0 Å². The molecule has 37 heavy (non-hydrogen) atoms. The second-order valence-electron chi connectivity index (χ2n) is 9.27. The summed E-state index contributed by atoms with van der Waals surface area (Å²) in [4.78, 5) is 18.3. The molecular weight excluding hydrogens is 488 g/mol. The Labute approximate surface area is 222 Å². The van der Waals surface area contributed by atoms with Gasteiger partial charge in [-0.3, -0.25) is 4.79 Å². The molecule has 7 nitrogen and oxygen atoms in total. The molecule has 0 radical (unpaired) electrons. The largest absolute Gasteiger partial charge is 0.493 e. The van der Waals surface area contributed by atoms with Crippen LogP contribution < -0.4 is 23.8 Å². The molecule has 0 spiro atoms. The van der Waals surface area contributed by atoms with E-state index in [1.54, 1.807) is 16.7 Å². The summed E-state index contributed by atoms with van der Waals surface area (Å²) in [6, 6.07) is 19.8. The predicted octanol–water partition coefficient (Wildman–Crippen LogP) is 5.31. The molecule has 5 rings (SSSR count). The van der Waals surface area contributed by atoms with Crippen LogP contribution in [0.4, 0.5) is 5.69 Å². The number of benzene rings is 3. The van der Waals surface area contributed by atoms with Gasteiger partial charge < -0.3 is 28.7 Å². The number of nitrogens with zero attached hydrogens (tertiary/aromatic N) is 2. The fraction of sp³-hybridized carbons (Fsp3) is 0.345. The van der Waals surface area contributed by atoms with E-state index in [-0.39, 0.29) is 18.0 Å². The van der Waals surface area contributed by atoms with Gasteiger partial charge in [0.1, 0.15) is 23.4 Å². The average Bonchev–Trinajstić information content (AvgIpc) is 3.37. The second kappa shape index (κ2) is 11.4. The minimum Gasteiger partial charge on any atom is -0.493 e. The highest BCUT2D eigenvalue weighted by Gasteiger charge is 2.34. The number of rotatable bonds is 10. The van der Waals surface area contributed by atoms with Crippen LogP contribution in [0, 0.1) is 6.92 Å². The SMILES string of the molecule is Cc1ccc(OCCCN(C)CCOc2ccc3c(c2)OCO3)c(C2Sc3ccccc3N(C)C2=O)c1. The van der Waals surface area contributed by atoms with Gasteiger partial charge in [0.2, 0.25) is 12.7 Å². The maximum Gasteiger partial charge on any atom is 0.244 e. The number of anilines is 1. The Morgan fingerprint density at radius 3 is 2.73 bits per heavy atom. The number of aryl methyl sites for hydroxylation is 1. The van der Waals surface area contributed by atoms with Crippen LogP contribution in [0.25, 0.3) is 0 Å². The number of ether oxygens (including phenoxy) is 4. The lowest BCUT2D eigenvalue weighted by atomic mass is 10.1.